The van der Waals surface area contributed by atoms with Crippen LogP contribution in [0.1, 0.15) is 27.7 Å². The van der Waals surface area contributed by atoms with Crippen LogP contribution >= 0.6 is 7.82 Å². The average Bonchev–Trinajstić information content (AvgIpc) is 2.40. The van der Waals surface area contributed by atoms with Crippen molar-refractivity contribution >= 4 is 13.8 Å². The Morgan fingerprint density at radius 1 is 1.00 bits per heavy atom. The van der Waals surface area contributed by atoms with Gasteiger partial charge in [0, 0.05) is 0 Å². The molecule has 4 atom stereocenters. The molecule has 0 fully saturated rings. The van der Waals surface area contributed by atoms with Crippen molar-refractivity contribution in [3.05, 3.63) is 11.6 Å². The summed E-state index contributed by atoms with van der Waals surface area (Å²) in [5.74, 6) is -1.32. The third-order valence-corrected chi connectivity index (χ3v) is 2.44. The molecule has 0 aromatic carbocycles. The molecule has 0 bridgehead atoms. The van der Waals surface area contributed by atoms with Gasteiger partial charge in [0.25, 0.3) is 0 Å². The Hall–Kier alpha value is 3.16. The van der Waals surface area contributed by atoms with Crippen molar-refractivity contribution < 1.29 is 167 Å². The summed E-state index contributed by atoms with van der Waals surface area (Å²) in [5, 5.41) is 29.2. The maximum absolute atomic E-state index is 10.5. The second kappa shape index (κ2) is 24.8. The van der Waals surface area contributed by atoms with Gasteiger partial charge in [-0.3, -0.25) is 0 Å². The second-order valence-electron chi connectivity index (χ2n) is 5.11. The Kier molecular flexibility index (Phi) is 39.7. The molecule has 0 amide bonds. The SMILES string of the molecule is CC(=CC(O)C(C)OCC(C)OCC(C)O)C(=O)[O-].O=P([O-])([O-])[O-].[Na+].[Na+].[Na+].[Na+]. The van der Waals surface area contributed by atoms with Gasteiger partial charge in [0.2, 0.25) is 0 Å². The van der Waals surface area contributed by atoms with Crippen LogP contribution in [-0.2, 0) is 18.8 Å². The molecular formula is C13H23Na4O10P. The Morgan fingerprint density at radius 3 is 1.71 bits per heavy atom. The minimum absolute atomic E-state index is 0. The summed E-state index contributed by atoms with van der Waals surface area (Å²) in [7, 11) is -5.39. The predicted octanol–water partition coefficient (Wildman–Crippen LogP) is -15.6. The summed E-state index contributed by atoms with van der Waals surface area (Å²) >= 11 is 0. The van der Waals surface area contributed by atoms with E-state index in [-0.39, 0.29) is 143 Å². The molecule has 0 saturated carbocycles. The van der Waals surface area contributed by atoms with E-state index < -0.39 is 32.1 Å². The molecule has 2 N–H and O–H groups in total. The van der Waals surface area contributed by atoms with Crippen molar-refractivity contribution in [1.82, 2.24) is 0 Å². The number of carbonyl (C=O) groups excluding carboxylic acids is 1. The van der Waals surface area contributed by atoms with Crippen LogP contribution in [0.2, 0.25) is 0 Å². The number of aliphatic hydroxyl groups is 2. The van der Waals surface area contributed by atoms with Crippen LogP contribution in [-0.4, -0.2) is 53.8 Å². The van der Waals surface area contributed by atoms with E-state index in [1.54, 1.807) is 20.8 Å². The normalized spacial score (nSPS) is 14.8. The number of hydrogen-bond acceptors (Lipinski definition) is 10. The van der Waals surface area contributed by atoms with E-state index in [1.807, 2.05) is 0 Å². The van der Waals surface area contributed by atoms with Gasteiger partial charge in [-0.2, -0.15) is 7.82 Å². The van der Waals surface area contributed by atoms with Gasteiger partial charge in [-0.1, -0.05) is 0 Å². The third-order valence-electron chi connectivity index (χ3n) is 2.44. The van der Waals surface area contributed by atoms with Gasteiger partial charge < -0.3 is 48.8 Å². The van der Waals surface area contributed by atoms with Crippen LogP contribution in [0.3, 0.4) is 0 Å². The van der Waals surface area contributed by atoms with Crippen molar-refractivity contribution in [2.45, 2.75) is 52.1 Å². The molecule has 10 nitrogen and oxygen atoms in total. The molecule has 0 radical (unpaired) electrons. The van der Waals surface area contributed by atoms with Crippen molar-refractivity contribution in [2.75, 3.05) is 13.2 Å². The molecule has 0 aromatic heterocycles. The third kappa shape index (κ3) is 36.5. The van der Waals surface area contributed by atoms with Gasteiger partial charge in [-0.05, 0) is 39.3 Å². The average molecular weight is 462 g/mol. The molecule has 0 saturated heterocycles. The minimum Gasteiger partial charge on any atom is -0.822 e. The molecular weight excluding hydrogens is 439 g/mol. The molecule has 0 heterocycles. The van der Waals surface area contributed by atoms with E-state index in [9.17, 15) is 15.0 Å². The first kappa shape index (κ1) is 44.8. The van der Waals surface area contributed by atoms with E-state index in [0.29, 0.717) is 0 Å². The Balaban J connectivity index is -0.000000120. The van der Waals surface area contributed by atoms with Crippen molar-refractivity contribution in [3.8, 4) is 0 Å². The molecule has 0 aliphatic heterocycles. The summed E-state index contributed by atoms with van der Waals surface area (Å²) < 4.78 is 19.2. The topological polar surface area (TPSA) is 185 Å². The zero-order valence-electron chi connectivity index (χ0n) is 17.9. The minimum atomic E-state index is -5.39. The van der Waals surface area contributed by atoms with Crippen molar-refractivity contribution in [3.63, 3.8) is 0 Å². The molecule has 15 heteroatoms. The number of ether oxygens (including phenoxy) is 2. The fourth-order valence-electron chi connectivity index (χ4n) is 1.20. The molecule has 28 heavy (non-hydrogen) atoms. The first-order valence-corrected chi connectivity index (χ1v) is 8.42. The Labute approximate surface area is 254 Å². The molecule has 0 aromatic rings. The first-order chi connectivity index (χ1) is 10.7. The molecule has 0 spiro atoms. The molecule has 0 rings (SSSR count). The maximum atomic E-state index is 10.5. The van der Waals surface area contributed by atoms with Gasteiger partial charge >= 0.3 is 118 Å². The van der Waals surface area contributed by atoms with E-state index in [1.165, 1.54) is 13.0 Å². The summed E-state index contributed by atoms with van der Waals surface area (Å²) in [5.41, 5.74) is -0.0404. The Morgan fingerprint density at radius 2 is 1.39 bits per heavy atom. The number of aliphatic carboxylic acids is 1. The van der Waals surface area contributed by atoms with Crippen LogP contribution in [0, 0.1) is 0 Å². The summed E-state index contributed by atoms with van der Waals surface area (Å²) in [6.45, 7) is 6.83. The number of rotatable bonds is 9. The number of carboxylic acid groups (broad SMARTS) is 1. The van der Waals surface area contributed by atoms with Crippen LogP contribution < -0.4 is 138 Å². The molecule has 4 unspecified atom stereocenters. The van der Waals surface area contributed by atoms with E-state index in [4.69, 9.17) is 33.8 Å². The number of hydrogen-bond donors (Lipinski definition) is 2. The Bertz CT molecular complexity index is 439. The van der Waals surface area contributed by atoms with Crippen LogP contribution in [0.25, 0.3) is 0 Å². The van der Waals surface area contributed by atoms with Crippen molar-refractivity contribution in [1.29, 1.82) is 0 Å². The monoisotopic (exact) mass is 462 g/mol. The summed E-state index contributed by atoms with van der Waals surface area (Å²) in [6, 6.07) is 0. The summed E-state index contributed by atoms with van der Waals surface area (Å²) in [6.07, 6.45) is -1.18. The fourth-order valence-corrected chi connectivity index (χ4v) is 1.20. The van der Waals surface area contributed by atoms with Gasteiger partial charge in [0.1, 0.15) is 0 Å². The van der Waals surface area contributed by atoms with Gasteiger partial charge in [-0.25, -0.2) is 0 Å². The van der Waals surface area contributed by atoms with Crippen molar-refractivity contribution in [2.24, 2.45) is 0 Å². The van der Waals surface area contributed by atoms with Gasteiger partial charge in [-0.15, -0.1) is 0 Å². The summed E-state index contributed by atoms with van der Waals surface area (Å²) in [4.78, 5) is 36.1. The van der Waals surface area contributed by atoms with Crippen LogP contribution in [0.4, 0.5) is 0 Å². The second-order valence-corrected chi connectivity index (χ2v) is 6.00. The first-order valence-electron chi connectivity index (χ1n) is 6.96. The van der Waals surface area contributed by atoms with Crippen LogP contribution in [0.5, 0.6) is 0 Å². The zero-order valence-corrected chi connectivity index (χ0v) is 26.8. The standard InChI is InChI=1S/C13H24O6.4Na.H3O4P/c1-8(13(16)17)5-12(15)11(4)19-7-10(3)18-6-9(2)14;;;;;1-5(2,3)4/h5,9-12,14-15H,6-7H2,1-4H3,(H,16,17);;;;;(H3,1,2,3,4)/q;4*+1;/p-4. The van der Waals surface area contributed by atoms with E-state index >= 15 is 0 Å². The molecule has 144 valence electrons. The van der Waals surface area contributed by atoms with E-state index in [0.717, 1.165) is 0 Å². The number of aliphatic hydroxyl groups excluding tert-OH is 2. The number of phosphoric acid groups is 1. The van der Waals surface area contributed by atoms with E-state index in [2.05, 4.69) is 0 Å². The number of carboxylic acids is 1. The van der Waals surface area contributed by atoms with Crippen LogP contribution in [0.15, 0.2) is 11.6 Å². The zero-order chi connectivity index (χ0) is 19.5. The van der Waals surface area contributed by atoms with Gasteiger partial charge in [0.05, 0.1) is 43.6 Å². The quantitative estimate of drug-likeness (QED) is 0.189. The fraction of sp³-hybridized carbons (Fsp3) is 0.769. The maximum Gasteiger partial charge on any atom is 1.00 e. The number of carbonyl (C=O) groups is 1. The smallest absolute Gasteiger partial charge is 0.822 e. The molecule has 0 aliphatic rings. The molecule has 0 aliphatic carbocycles. The predicted molar refractivity (Wildman–Crippen MR) is 74.9 cm³/mol. The van der Waals surface area contributed by atoms with Gasteiger partial charge in [0.15, 0.2) is 0 Å². The largest absolute Gasteiger partial charge is 1.00 e.